The van der Waals surface area contributed by atoms with E-state index in [0.29, 0.717) is 17.6 Å². The molecule has 0 saturated carbocycles. The number of imidazole rings is 1. The summed E-state index contributed by atoms with van der Waals surface area (Å²) in [6.45, 7) is 12.6. The lowest BCUT2D eigenvalue weighted by atomic mass is 10.1. The molecule has 3 rings (SSSR count). The van der Waals surface area contributed by atoms with Crippen LogP contribution in [0.2, 0.25) is 9.62 Å². The highest BCUT2D eigenvalue weighted by atomic mass is 35.5. The topological polar surface area (TPSA) is 68.7 Å². The van der Waals surface area contributed by atoms with Gasteiger partial charge in [-0.2, -0.15) is 4.98 Å². The largest absolute Gasteiger partial charge is 0.370 e. The molecule has 0 atom stereocenters. The van der Waals surface area contributed by atoms with E-state index in [2.05, 4.69) is 45.3 Å². The van der Waals surface area contributed by atoms with Crippen LogP contribution >= 0.6 is 34.5 Å². The Morgan fingerprint density at radius 1 is 1.33 bits per heavy atom. The molecule has 6 nitrogen and oxygen atoms in total. The van der Waals surface area contributed by atoms with E-state index in [1.54, 1.807) is 6.20 Å². The van der Waals surface area contributed by atoms with E-state index in [4.69, 9.17) is 28.2 Å². The Balaban J connectivity index is 1.60. The average molecular weight is 465 g/mol. The van der Waals surface area contributed by atoms with E-state index in [9.17, 15) is 0 Å². The van der Waals surface area contributed by atoms with E-state index >= 15 is 0 Å². The smallest absolute Gasteiger partial charge is 0.202 e. The molecule has 0 amide bonds. The van der Waals surface area contributed by atoms with E-state index < -0.39 is 0 Å². The number of aromatic nitrogens is 2. The molecule has 9 heteroatoms. The Morgan fingerprint density at radius 2 is 2.13 bits per heavy atom. The molecule has 3 heterocycles. The highest BCUT2D eigenvalue weighted by molar-refractivity contribution is 7.18. The van der Waals surface area contributed by atoms with Gasteiger partial charge in [-0.25, -0.2) is 4.99 Å². The van der Waals surface area contributed by atoms with Crippen molar-refractivity contribution >= 4 is 57.6 Å². The van der Waals surface area contributed by atoms with Gasteiger partial charge in [-0.1, -0.05) is 38.1 Å². The Kier molecular flexibility index (Phi) is 8.13. The van der Waals surface area contributed by atoms with Crippen molar-refractivity contribution in [3.63, 3.8) is 0 Å². The lowest BCUT2D eigenvalue weighted by Crippen LogP contribution is -2.25. The minimum atomic E-state index is 0.324. The molecule has 0 fully saturated rings. The molecular formula is C21H26Cl2N6S. The first-order valence-electron chi connectivity index (χ1n) is 9.95. The van der Waals surface area contributed by atoms with Crippen LogP contribution < -0.4 is 5.32 Å². The summed E-state index contributed by atoms with van der Waals surface area (Å²) in [7, 11) is 0. The van der Waals surface area contributed by atoms with Gasteiger partial charge in [0.15, 0.2) is 11.7 Å². The molecule has 2 aromatic rings. The van der Waals surface area contributed by atoms with E-state index in [1.165, 1.54) is 11.3 Å². The van der Waals surface area contributed by atoms with Crippen molar-refractivity contribution in [1.82, 2.24) is 14.9 Å². The van der Waals surface area contributed by atoms with Gasteiger partial charge in [-0.05, 0) is 49.2 Å². The van der Waals surface area contributed by atoms with Crippen molar-refractivity contribution in [2.75, 3.05) is 25.0 Å². The summed E-state index contributed by atoms with van der Waals surface area (Å²) in [4.78, 5) is 19.9. The standard InChI is InChI=1S/C21H26Cl2N6S/c1-4-6-11-29(14(3)18-20(24-5-2)28-21(23)27-18)12-7-8-15-13-25-19(26-15)16-9-10-17(22)30-16/h5,9-10,24H,2-4,6-8,11-13H2,1H3,(H,27,28). The zero-order chi connectivity index (χ0) is 21.5. The van der Waals surface area contributed by atoms with Crippen molar-refractivity contribution in [1.29, 1.82) is 0 Å². The lowest BCUT2D eigenvalue weighted by molar-refractivity contribution is 0.383. The molecule has 0 saturated heterocycles. The van der Waals surface area contributed by atoms with Gasteiger partial charge >= 0.3 is 0 Å². The summed E-state index contributed by atoms with van der Waals surface area (Å²) in [5, 5.41) is 3.34. The maximum atomic E-state index is 6.07. The first kappa shape index (κ1) is 22.6. The van der Waals surface area contributed by atoms with Crippen LogP contribution in [0, 0.1) is 0 Å². The van der Waals surface area contributed by atoms with Crippen LogP contribution in [0.4, 0.5) is 5.82 Å². The first-order chi connectivity index (χ1) is 14.5. The number of hydrogen-bond acceptors (Lipinski definition) is 6. The number of aromatic amines is 1. The summed E-state index contributed by atoms with van der Waals surface area (Å²) < 4.78 is 0.755. The Hall–Kier alpha value is -2.09. The number of halogens is 2. The third-order valence-electron chi connectivity index (χ3n) is 4.73. The molecule has 0 aliphatic carbocycles. The van der Waals surface area contributed by atoms with E-state index in [-0.39, 0.29) is 0 Å². The lowest BCUT2D eigenvalue weighted by Gasteiger charge is -2.26. The SMILES string of the molecule is C=CNc1nc(Cl)[nH]c1C(=C)N(CCCC)CCCC1=NC(c2ccc(Cl)s2)=NC1. The van der Waals surface area contributed by atoms with Crippen molar-refractivity contribution in [2.24, 2.45) is 9.98 Å². The minimum absolute atomic E-state index is 0.324. The monoisotopic (exact) mass is 464 g/mol. The molecule has 0 spiro atoms. The minimum Gasteiger partial charge on any atom is -0.370 e. The van der Waals surface area contributed by atoms with Crippen LogP contribution in [0.1, 0.15) is 43.2 Å². The molecular weight excluding hydrogens is 439 g/mol. The zero-order valence-electron chi connectivity index (χ0n) is 17.0. The fraction of sp³-hybridized carbons (Fsp3) is 0.381. The van der Waals surface area contributed by atoms with Crippen LogP contribution in [0.25, 0.3) is 5.70 Å². The summed E-state index contributed by atoms with van der Waals surface area (Å²) in [6.07, 6.45) is 5.62. The van der Waals surface area contributed by atoms with Gasteiger partial charge in [0, 0.05) is 18.8 Å². The van der Waals surface area contributed by atoms with Crippen LogP contribution in [-0.4, -0.2) is 46.0 Å². The third kappa shape index (κ3) is 5.74. The molecule has 160 valence electrons. The van der Waals surface area contributed by atoms with Gasteiger partial charge in [0.1, 0.15) is 5.69 Å². The van der Waals surface area contributed by atoms with Gasteiger partial charge in [0.25, 0.3) is 0 Å². The number of anilines is 1. The molecule has 0 aromatic carbocycles. The predicted octanol–water partition coefficient (Wildman–Crippen LogP) is 6.09. The number of aliphatic imine (C=N–C) groups is 2. The molecule has 0 radical (unpaired) electrons. The number of rotatable bonds is 12. The van der Waals surface area contributed by atoms with Gasteiger partial charge < -0.3 is 15.2 Å². The number of unbranched alkanes of at least 4 members (excludes halogenated alkanes) is 1. The summed E-state index contributed by atoms with van der Waals surface area (Å²) in [6, 6.07) is 3.85. The van der Waals surface area contributed by atoms with Crippen molar-refractivity contribution in [3.05, 3.63) is 51.7 Å². The van der Waals surface area contributed by atoms with Crippen molar-refractivity contribution in [2.45, 2.75) is 32.6 Å². The fourth-order valence-corrected chi connectivity index (χ4v) is 4.38. The number of H-pyrrole nitrogens is 1. The van der Waals surface area contributed by atoms with Crippen molar-refractivity contribution in [3.8, 4) is 0 Å². The number of amidine groups is 1. The van der Waals surface area contributed by atoms with Crippen LogP contribution in [-0.2, 0) is 0 Å². The van der Waals surface area contributed by atoms with Gasteiger partial charge in [-0.3, -0.25) is 4.99 Å². The summed E-state index contributed by atoms with van der Waals surface area (Å²) in [5.74, 6) is 1.43. The maximum absolute atomic E-state index is 6.07. The number of nitrogens with zero attached hydrogens (tertiary/aromatic N) is 4. The molecule has 1 aliphatic rings. The Bertz CT molecular complexity index is 959. The van der Waals surface area contributed by atoms with Gasteiger partial charge in [0.2, 0.25) is 5.28 Å². The normalized spacial score (nSPS) is 13.2. The second-order valence-corrected chi connectivity index (χ2v) is 8.99. The van der Waals surface area contributed by atoms with E-state index in [1.807, 2.05) is 12.1 Å². The van der Waals surface area contributed by atoms with Crippen LogP contribution in [0.5, 0.6) is 0 Å². The molecule has 30 heavy (non-hydrogen) atoms. The van der Waals surface area contributed by atoms with Gasteiger partial charge in [0.05, 0.1) is 21.5 Å². The first-order valence-corrected chi connectivity index (χ1v) is 11.5. The second-order valence-electron chi connectivity index (χ2n) is 6.91. The number of hydrogen-bond donors (Lipinski definition) is 2. The maximum Gasteiger partial charge on any atom is 0.202 e. The van der Waals surface area contributed by atoms with E-state index in [0.717, 1.165) is 70.9 Å². The zero-order valence-corrected chi connectivity index (χ0v) is 19.4. The molecule has 2 aromatic heterocycles. The molecule has 0 bridgehead atoms. The fourth-order valence-electron chi connectivity index (χ4n) is 3.21. The van der Waals surface area contributed by atoms with Gasteiger partial charge in [-0.15, -0.1) is 11.3 Å². The Labute approximate surface area is 191 Å². The number of nitrogens with one attached hydrogen (secondary N) is 2. The molecule has 0 unspecified atom stereocenters. The predicted molar refractivity (Wildman–Crippen MR) is 130 cm³/mol. The average Bonchev–Trinajstić information content (AvgIpc) is 3.44. The second kappa shape index (κ2) is 10.8. The van der Waals surface area contributed by atoms with Crippen LogP contribution in [0.3, 0.4) is 0 Å². The molecule has 2 N–H and O–H groups in total. The highest BCUT2D eigenvalue weighted by Gasteiger charge is 2.18. The third-order valence-corrected chi connectivity index (χ3v) is 6.13. The quantitative estimate of drug-likeness (QED) is 0.399. The van der Waals surface area contributed by atoms with Crippen molar-refractivity contribution < 1.29 is 0 Å². The summed E-state index contributed by atoms with van der Waals surface area (Å²) >= 11 is 13.6. The summed E-state index contributed by atoms with van der Waals surface area (Å²) in [5.41, 5.74) is 2.76. The van der Waals surface area contributed by atoms with Crippen LogP contribution in [0.15, 0.2) is 41.5 Å². The Morgan fingerprint density at radius 3 is 2.83 bits per heavy atom. The number of thiophene rings is 1. The highest BCUT2D eigenvalue weighted by Crippen LogP contribution is 2.27. The molecule has 1 aliphatic heterocycles.